The number of ether oxygens (including phenoxy) is 1. The van der Waals surface area contributed by atoms with Crippen molar-refractivity contribution in [2.75, 3.05) is 19.4 Å². The van der Waals surface area contributed by atoms with Gasteiger partial charge < -0.3 is 13.7 Å². The quantitative estimate of drug-likeness (QED) is 0.652. The monoisotopic (exact) mass is 377 g/mol. The summed E-state index contributed by atoms with van der Waals surface area (Å²) in [4.78, 5) is 6.17. The van der Waals surface area contributed by atoms with Gasteiger partial charge in [-0.25, -0.2) is 13.4 Å². The van der Waals surface area contributed by atoms with Crippen molar-refractivity contribution in [3.05, 3.63) is 36.0 Å². The van der Waals surface area contributed by atoms with E-state index in [9.17, 15) is 8.42 Å². The molecule has 140 valence electrons. The van der Waals surface area contributed by atoms with Crippen molar-refractivity contribution in [2.24, 2.45) is 0 Å². The maximum absolute atomic E-state index is 12.1. The van der Waals surface area contributed by atoms with E-state index in [1.54, 1.807) is 17.0 Å². The lowest BCUT2D eigenvalue weighted by Crippen LogP contribution is -2.27. The van der Waals surface area contributed by atoms with E-state index in [0.717, 1.165) is 24.3 Å². The van der Waals surface area contributed by atoms with E-state index in [0.29, 0.717) is 32.8 Å². The maximum atomic E-state index is 12.1. The molecule has 1 fully saturated rings. The molecule has 7 nitrogen and oxygen atoms in total. The van der Waals surface area contributed by atoms with E-state index in [1.165, 1.54) is 6.26 Å². The zero-order chi connectivity index (χ0) is 18.6. The van der Waals surface area contributed by atoms with Gasteiger partial charge in [-0.3, -0.25) is 4.90 Å². The summed E-state index contributed by atoms with van der Waals surface area (Å²) in [6.45, 7) is 2.61. The summed E-state index contributed by atoms with van der Waals surface area (Å²) in [6, 6.07) is 3.71. The van der Waals surface area contributed by atoms with Crippen LogP contribution in [0.1, 0.15) is 24.3 Å². The smallest absolute Gasteiger partial charge is 0.227 e. The first kappa shape index (κ1) is 18.7. The third-order valence-corrected chi connectivity index (χ3v) is 5.29. The van der Waals surface area contributed by atoms with E-state index >= 15 is 0 Å². The van der Waals surface area contributed by atoms with Crippen LogP contribution in [-0.2, 0) is 34.2 Å². The molecule has 0 radical (unpaired) electrons. The second-order valence-corrected chi connectivity index (χ2v) is 8.39. The highest BCUT2D eigenvalue weighted by molar-refractivity contribution is 7.90. The maximum Gasteiger partial charge on any atom is 0.227 e. The molecular formula is C18H23N3O4S. The van der Waals surface area contributed by atoms with E-state index in [4.69, 9.17) is 15.6 Å². The molecule has 1 saturated heterocycles. The highest BCUT2D eigenvalue weighted by atomic mass is 32.2. The first-order chi connectivity index (χ1) is 12.5. The van der Waals surface area contributed by atoms with Crippen molar-refractivity contribution in [2.45, 2.75) is 43.7 Å². The van der Waals surface area contributed by atoms with Gasteiger partial charge >= 0.3 is 0 Å². The topological polar surface area (TPSA) is 77.6 Å². The molecular weight excluding hydrogens is 354 g/mol. The lowest BCUT2D eigenvalue weighted by atomic mass is 10.2. The number of terminal acetylenes is 1. The minimum atomic E-state index is -3.43. The molecule has 0 N–H and O–H groups in total. The summed E-state index contributed by atoms with van der Waals surface area (Å²) < 4.78 is 37.1. The average molecular weight is 377 g/mol. The second-order valence-electron chi connectivity index (χ2n) is 6.48. The summed E-state index contributed by atoms with van der Waals surface area (Å²) >= 11 is 0. The third kappa shape index (κ3) is 4.55. The summed E-state index contributed by atoms with van der Waals surface area (Å²) in [5.74, 6) is 3.44. The molecule has 0 bridgehead atoms. The largest absolute Gasteiger partial charge is 0.468 e. The van der Waals surface area contributed by atoms with E-state index in [-0.39, 0.29) is 11.3 Å². The molecule has 1 aliphatic heterocycles. The zero-order valence-corrected chi connectivity index (χ0v) is 15.6. The first-order valence-corrected chi connectivity index (χ1v) is 10.4. The van der Waals surface area contributed by atoms with E-state index in [2.05, 4.69) is 10.9 Å². The van der Waals surface area contributed by atoms with Gasteiger partial charge in [0.25, 0.3) is 0 Å². The first-order valence-electron chi connectivity index (χ1n) is 8.51. The fourth-order valence-corrected chi connectivity index (χ4v) is 3.99. The highest BCUT2D eigenvalue weighted by Crippen LogP contribution is 2.20. The molecule has 26 heavy (non-hydrogen) atoms. The highest BCUT2D eigenvalue weighted by Gasteiger charge is 2.24. The lowest BCUT2D eigenvalue weighted by Gasteiger charge is -2.21. The lowest BCUT2D eigenvalue weighted by molar-refractivity contribution is 0.0932. The number of furan rings is 1. The number of sulfone groups is 1. The van der Waals surface area contributed by atoms with Crippen molar-refractivity contribution < 1.29 is 17.6 Å². The van der Waals surface area contributed by atoms with Crippen LogP contribution in [0.3, 0.4) is 0 Å². The molecule has 2 aromatic heterocycles. The Hall–Kier alpha value is -2.08. The Kier molecular flexibility index (Phi) is 5.81. The van der Waals surface area contributed by atoms with Gasteiger partial charge in [0, 0.05) is 19.4 Å². The van der Waals surface area contributed by atoms with Crippen LogP contribution in [0.15, 0.2) is 34.2 Å². The fourth-order valence-electron chi connectivity index (χ4n) is 3.15. The Morgan fingerprint density at radius 1 is 1.46 bits per heavy atom. The van der Waals surface area contributed by atoms with Gasteiger partial charge in [-0.15, -0.1) is 6.42 Å². The van der Waals surface area contributed by atoms with Gasteiger partial charge in [-0.05, 0) is 25.0 Å². The third-order valence-electron chi connectivity index (χ3n) is 4.30. The van der Waals surface area contributed by atoms with Gasteiger partial charge in [0.15, 0.2) is 0 Å². The van der Waals surface area contributed by atoms with Crippen LogP contribution in [0.25, 0.3) is 0 Å². The van der Waals surface area contributed by atoms with Crippen molar-refractivity contribution in [1.29, 1.82) is 0 Å². The number of hydrogen-bond acceptors (Lipinski definition) is 6. The van der Waals surface area contributed by atoms with Crippen molar-refractivity contribution >= 4 is 9.84 Å². The Morgan fingerprint density at radius 3 is 2.92 bits per heavy atom. The summed E-state index contributed by atoms with van der Waals surface area (Å²) in [5, 5.41) is 0.0710. The average Bonchev–Trinajstić information content (AvgIpc) is 3.30. The van der Waals surface area contributed by atoms with Crippen LogP contribution in [0.2, 0.25) is 0 Å². The summed E-state index contributed by atoms with van der Waals surface area (Å²) in [5.41, 5.74) is 0.794. The standard InChI is InChI=1S/C18H23N3O4S/c1-3-8-20(13-16-6-4-9-24-16)12-15-11-19-18(26(2,22)23)21(15)14-17-7-5-10-25-17/h1,4,6,9,11,17H,5,7-8,10,12-14H2,2H3/t17-/m1/s1. The second kappa shape index (κ2) is 8.08. The predicted octanol–water partition coefficient (Wildman–Crippen LogP) is 1.69. The molecule has 8 heteroatoms. The molecule has 1 atom stereocenters. The molecule has 0 amide bonds. The van der Waals surface area contributed by atoms with Crippen LogP contribution in [0, 0.1) is 12.3 Å². The Morgan fingerprint density at radius 2 is 2.31 bits per heavy atom. The Bertz CT molecular complexity index is 859. The number of rotatable bonds is 8. The van der Waals surface area contributed by atoms with Gasteiger partial charge in [-0.2, -0.15) is 0 Å². The SMILES string of the molecule is C#CCN(Cc1ccco1)Cc1cnc(S(C)(=O)=O)n1C[C@H]1CCCO1. The summed E-state index contributed by atoms with van der Waals surface area (Å²) in [6.07, 6.45) is 11.8. The molecule has 1 aliphatic rings. The molecule has 3 rings (SSSR count). The van der Waals surface area contributed by atoms with Crippen LogP contribution < -0.4 is 0 Å². The normalized spacial score (nSPS) is 17.7. The molecule has 2 aromatic rings. The van der Waals surface area contributed by atoms with Crippen molar-refractivity contribution in [3.63, 3.8) is 0 Å². The van der Waals surface area contributed by atoms with Crippen molar-refractivity contribution in [3.8, 4) is 12.3 Å². The summed E-state index contributed by atoms with van der Waals surface area (Å²) in [7, 11) is -3.43. The van der Waals surface area contributed by atoms with Crippen LogP contribution >= 0.6 is 0 Å². The minimum absolute atomic E-state index is 0.00890. The van der Waals surface area contributed by atoms with E-state index < -0.39 is 9.84 Å². The Balaban J connectivity index is 1.84. The minimum Gasteiger partial charge on any atom is -0.468 e. The molecule has 0 spiro atoms. The van der Waals surface area contributed by atoms with E-state index in [1.807, 2.05) is 17.0 Å². The number of aromatic nitrogens is 2. The molecule has 0 saturated carbocycles. The molecule has 3 heterocycles. The van der Waals surface area contributed by atoms with Crippen molar-refractivity contribution in [1.82, 2.24) is 14.5 Å². The molecule has 0 unspecified atom stereocenters. The van der Waals surface area contributed by atoms with Gasteiger partial charge in [-0.1, -0.05) is 5.92 Å². The molecule has 0 aliphatic carbocycles. The number of hydrogen-bond donors (Lipinski definition) is 0. The van der Waals surface area contributed by atoms with Gasteiger partial charge in [0.05, 0.1) is 43.9 Å². The van der Waals surface area contributed by atoms with Crippen LogP contribution in [-0.4, -0.2) is 48.4 Å². The van der Waals surface area contributed by atoms with Gasteiger partial charge in [0.2, 0.25) is 15.0 Å². The van der Waals surface area contributed by atoms with Crippen LogP contribution in [0.4, 0.5) is 0 Å². The van der Waals surface area contributed by atoms with Crippen LogP contribution in [0.5, 0.6) is 0 Å². The fraction of sp³-hybridized carbons (Fsp3) is 0.500. The Labute approximate surface area is 153 Å². The number of nitrogens with zero attached hydrogens (tertiary/aromatic N) is 3. The zero-order valence-electron chi connectivity index (χ0n) is 14.8. The number of imidazole rings is 1. The predicted molar refractivity (Wildman–Crippen MR) is 96.0 cm³/mol. The molecule has 0 aromatic carbocycles. The van der Waals surface area contributed by atoms with Gasteiger partial charge in [0.1, 0.15) is 5.76 Å².